The zero-order chi connectivity index (χ0) is 21.8. The fraction of sp³-hybridized carbons (Fsp3) is 0.963. The summed E-state index contributed by atoms with van der Waals surface area (Å²) in [5.74, 6) is 5.45. The highest BCUT2D eigenvalue weighted by molar-refractivity contribution is 9.09. The van der Waals surface area contributed by atoms with E-state index in [0.29, 0.717) is 27.6 Å². The Hall–Kier alpha value is -0.0500. The first-order valence-electron chi connectivity index (χ1n) is 13.0. The second-order valence-electron chi connectivity index (χ2n) is 12.6. The van der Waals surface area contributed by atoms with Crippen LogP contribution >= 0.6 is 15.9 Å². The quantitative estimate of drug-likeness (QED) is 0.378. The summed E-state index contributed by atoms with van der Waals surface area (Å²) in [5.41, 5.74) is 0.851. The predicted molar refractivity (Wildman–Crippen MR) is 130 cm³/mol. The molecule has 2 nitrogen and oxygen atoms in total. The molecule has 4 rings (SSSR count). The molecule has 0 spiro atoms. The zero-order valence-corrected chi connectivity index (χ0v) is 22.0. The molecule has 4 aliphatic rings. The number of piperidine rings is 1. The first-order chi connectivity index (χ1) is 14.1. The number of halogens is 1. The molecule has 0 aromatic heterocycles. The molecular formula is C27H46BrNO. The largest absolute Gasteiger partial charge is 0.342 e. The second-order valence-corrected chi connectivity index (χ2v) is 13.8. The van der Waals surface area contributed by atoms with Gasteiger partial charge in [0.1, 0.15) is 0 Å². The van der Waals surface area contributed by atoms with Crippen LogP contribution < -0.4 is 0 Å². The smallest absolute Gasteiger partial charge is 0.222 e. The molecule has 172 valence electrons. The Kier molecular flexibility index (Phi) is 6.46. The Morgan fingerprint density at radius 2 is 1.73 bits per heavy atom. The van der Waals surface area contributed by atoms with Gasteiger partial charge in [0.05, 0.1) is 0 Å². The van der Waals surface area contributed by atoms with Crippen LogP contribution in [-0.4, -0.2) is 28.7 Å². The van der Waals surface area contributed by atoms with Crippen LogP contribution in [0.3, 0.4) is 0 Å². The van der Waals surface area contributed by atoms with E-state index >= 15 is 0 Å². The van der Waals surface area contributed by atoms with Crippen LogP contribution in [0.25, 0.3) is 0 Å². The molecule has 0 aromatic rings. The molecule has 0 aromatic carbocycles. The molecule has 3 heteroatoms. The lowest BCUT2D eigenvalue weighted by Gasteiger charge is -2.63. The van der Waals surface area contributed by atoms with E-state index in [9.17, 15) is 4.79 Å². The number of carbonyl (C=O) groups is 1. The van der Waals surface area contributed by atoms with Gasteiger partial charge in [0.2, 0.25) is 5.91 Å². The summed E-state index contributed by atoms with van der Waals surface area (Å²) in [4.78, 5) is 15.1. The van der Waals surface area contributed by atoms with Crippen LogP contribution in [-0.2, 0) is 4.79 Å². The van der Waals surface area contributed by atoms with Gasteiger partial charge in [-0.2, -0.15) is 0 Å². The maximum absolute atomic E-state index is 12.4. The minimum atomic E-state index is 0.319. The van der Waals surface area contributed by atoms with Crippen molar-refractivity contribution in [3.8, 4) is 0 Å². The van der Waals surface area contributed by atoms with Gasteiger partial charge in [0.15, 0.2) is 0 Å². The zero-order valence-electron chi connectivity index (χ0n) is 20.4. The van der Waals surface area contributed by atoms with E-state index in [4.69, 9.17) is 0 Å². The van der Waals surface area contributed by atoms with Crippen LogP contribution in [0.2, 0.25) is 0 Å². The van der Waals surface area contributed by atoms with Crippen molar-refractivity contribution >= 4 is 21.8 Å². The predicted octanol–water partition coefficient (Wildman–Crippen LogP) is 7.30. The number of nitrogens with zero attached hydrogens (tertiary/aromatic N) is 1. The van der Waals surface area contributed by atoms with Gasteiger partial charge in [-0.15, -0.1) is 0 Å². The number of hydrogen-bond donors (Lipinski definition) is 0. The van der Waals surface area contributed by atoms with Crippen molar-refractivity contribution in [2.75, 3.05) is 7.05 Å². The highest BCUT2D eigenvalue weighted by atomic mass is 79.9. The summed E-state index contributed by atoms with van der Waals surface area (Å²) in [6.07, 6.45) is 12.9. The standard InChI is InChI=1S/C27H46BrNO/c1-17(2)8-7-9-18(3)19-10-11-20-25-21(12-14-26(19,20)4)27(5)15-13-24(30)29(6)23(27)16-22(25)28/h17-23,25H,7-16H2,1-6H3/t18?,19?,20?,21?,22?,23?,25?,26?,27-/m1/s1. The normalized spacial score (nSPS) is 47.1. The van der Waals surface area contributed by atoms with Gasteiger partial charge in [-0.05, 0) is 84.9 Å². The molecule has 4 fully saturated rings. The van der Waals surface area contributed by atoms with Crippen molar-refractivity contribution < 1.29 is 4.79 Å². The lowest BCUT2D eigenvalue weighted by molar-refractivity contribution is -0.157. The number of likely N-dealkylation sites (tertiary alicyclic amines) is 1. The lowest BCUT2D eigenvalue weighted by Crippen LogP contribution is -2.64. The summed E-state index contributed by atoms with van der Waals surface area (Å²) in [5, 5.41) is 0. The van der Waals surface area contributed by atoms with Gasteiger partial charge in [-0.25, -0.2) is 0 Å². The Labute approximate surface area is 194 Å². The van der Waals surface area contributed by atoms with Gasteiger partial charge in [0.25, 0.3) is 0 Å². The molecule has 1 heterocycles. The molecule has 1 aliphatic heterocycles. The third kappa shape index (κ3) is 3.61. The molecule has 3 saturated carbocycles. The molecule has 9 atom stereocenters. The maximum Gasteiger partial charge on any atom is 0.222 e. The number of hydrogen-bond acceptors (Lipinski definition) is 1. The van der Waals surface area contributed by atoms with Crippen molar-refractivity contribution in [3.05, 3.63) is 0 Å². The molecule has 8 unspecified atom stereocenters. The van der Waals surface area contributed by atoms with Crippen LogP contribution in [0.5, 0.6) is 0 Å². The van der Waals surface area contributed by atoms with Crippen LogP contribution in [0.1, 0.15) is 98.8 Å². The van der Waals surface area contributed by atoms with Crippen molar-refractivity contribution in [1.29, 1.82) is 0 Å². The Bertz CT molecular complexity index is 649. The van der Waals surface area contributed by atoms with Gasteiger partial charge >= 0.3 is 0 Å². The summed E-state index contributed by atoms with van der Waals surface area (Å²) in [6, 6.07) is 0.431. The minimum Gasteiger partial charge on any atom is -0.342 e. The molecule has 3 aliphatic carbocycles. The summed E-state index contributed by atoms with van der Waals surface area (Å²) >= 11 is 4.20. The van der Waals surface area contributed by atoms with Crippen molar-refractivity contribution in [2.45, 2.75) is 110 Å². The molecule has 0 N–H and O–H groups in total. The lowest BCUT2D eigenvalue weighted by atomic mass is 9.46. The van der Waals surface area contributed by atoms with Crippen molar-refractivity contribution in [1.82, 2.24) is 4.90 Å². The highest BCUT2D eigenvalue weighted by Gasteiger charge is 2.63. The van der Waals surface area contributed by atoms with Crippen LogP contribution in [0.4, 0.5) is 0 Å². The Balaban J connectivity index is 1.53. The molecule has 30 heavy (non-hydrogen) atoms. The highest BCUT2D eigenvalue weighted by Crippen LogP contribution is 2.68. The number of alkyl halides is 1. The van der Waals surface area contributed by atoms with Gasteiger partial charge in [-0.1, -0.05) is 69.8 Å². The number of carbonyl (C=O) groups excluding carboxylic acids is 1. The molecular weight excluding hydrogens is 434 g/mol. The second kappa shape index (κ2) is 8.38. The molecule has 0 bridgehead atoms. The molecule has 0 radical (unpaired) electrons. The average molecular weight is 481 g/mol. The van der Waals surface area contributed by atoms with E-state index in [1.54, 1.807) is 0 Å². The van der Waals surface area contributed by atoms with Crippen molar-refractivity contribution in [2.24, 2.45) is 46.3 Å². The minimum absolute atomic E-state index is 0.319. The summed E-state index contributed by atoms with van der Waals surface area (Å²) < 4.78 is 0. The first kappa shape index (κ1) is 23.1. The fourth-order valence-corrected chi connectivity index (χ4v) is 10.1. The van der Waals surface area contributed by atoms with E-state index in [1.165, 1.54) is 44.9 Å². The Morgan fingerprint density at radius 3 is 2.43 bits per heavy atom. The van der Waals surface area contributed by atoms with Crippen LogP contribution in [0.15, 0.2) is 0 Å². The monoisotopic (exact) mass is 479 g/mol. The fourth-order valence-electron chi connectivity index (χ4n) is 9.06. The van der Waals surface area contributed by atoms with Gasteiger partial charge in [0, 0.05) is 24.3 Å². The van der Waals surface area contributed by atoms with Crippen LogP contribution in [0, 0.1) is 46.3 Å². The summed E-state index contributed by atoms with van der Waals surface area (Å²) in [6.45, 7) is 12.5. The average Bonchev–Trinajstić information content (AvgIpc) is 3.03. The topological polar surface area (TPSA) is 20.3 Å². The third-order valence-electron chi connectivity index (χ3n) is 10.7. The SMILES string of the molecule is CC(C)CCCC(C)C1CCC2C3C(Br)CC4N(C)C(=O)CC[C@]4(C)C3CCC12C. The number of amides is 1. The van der Waals surface area contributed by atoms with Gasteiger partial charge < -0.3 is 4.90 Å². The van der Waals surface area contributed by atoms with E-state index in [1.807, 2.05) is 0 Å². The van der Waals surface area contributed by atoms with Gasteiger partial charge in [-0.3, -0.25) is 4.79 Å². The number of fused-ring (bicyclic) bond motifs is 5. The molecule has 1 amide bonds. The van der Waals surface area contributed by atoms with E-state index < -0.39 is 0 Å². The maximum atomic E-state index is 12.4. The van der Waals surface area contributed by atoms with E-state index in [0.717, 1.165) is 54.8 Å². The molecule has 1 saturated heterocycles. The van der Waals surface area contributed by atoms with E-state index in [-0.39, 0.29) is 0 Å². The Morgan fingerprint density at radius 1 is 1.03 bits per heavy atom. The van der Waals surface area contributed by atoms with Crippen molar-refractivity contribution in [3.63, 3.8) is 0 Å². The number of rotatable bonds is 5. The van der Waals surface area contributed by atoms with E-state index in [2.05, 4.69) is 62.5 Å². The first-order valence-corrected chi connectivity index (χ1v) is 13.9. The third-order valence-corrected chi connectivity index (χ3v) is 11.7. The summed E-state index contributed by atoms with van der Waals surface area (Å²) in [7, 11) is 2.07.